The molecule has 1 unspecified atom stereocenters. The van der Waals surface area contributed by atoms with Crippen molar-refractivity contribution in [3.8, 4) is 0 Å². The molecule has 1 atom stereocenters. The molecule has 0 saturated carbocycles. The molecule has 1 saturated heterocycles. The van der Waals surface area contributed by atoms with Crippen LogP contribution in [-0.4, -0.2) is 43.1 Å². The van der Waals surface area contributed by atoms with Crippen LogP contribution < -0.4 is 16.0 Å². The van der Waals surface area contributed by atoms with Crippen molar-refractivity contribution in [1.29, 1.82) is 0 Å². The van der Waals surface area contributed by atoms with Crippen LogP contribution in [0.15, 0.2) is 6.07 Å². The zero-order valence-electron chi connectivity index (χ0n) is 11.9. The predicted molar refractivity (Wildman–Crippen MR) is 76.2 cm³/mol. The van der Waals surface area contributed by atoms with E-state index in [-0.39, 0.29) is 11.8 Å². The number of hydrogen-bond donors (Lipinski definition) is 2. The number of ether oxygens (including phenoxy) is 1. The smallest absolute Gasteiger partial charge is 0.224 e. The van der Waals surface area contributed by atoms with E-state index < -0.39 is 0 Å². The number of nitrogens with zero attached hydrogens (tertiary/aromatic N) is 3. The lowest BCUT2D eigenvalue weighted by Gasteiger charge is -2.32. The highest BCUT2D eigenvalue weighted by atomic mass is 16.5. The first-order valence-corrected chi connectivity index (χ1v) is 6.73. The van der Waals surface area contributed by atoms with Gasteiger partial charge in [0.15, 0.2) is 5.82 Å². The van der Waals surface area contributed by atoms with Gasteiger partial charge >= 0.3 is 0 Å². The summed E-state index contributed by atoms with van der Waals surface area (Å²) in [6, 6.07) is 1.74. The van der Waals surface area contributed by atoms with Gasteiger partial charge < -0.3 is 20.7 Å². The number of nitrogens with two attached hydrogens (primary N) is 1. The molecule has 1 aromatic heterocycles. The molecule has 110 valence electrons. The minimum Gasteiger partial charge on any atom is -0.384 e. The van der Waals surface area contributed by atoms with Crippen LogP contribution in [-0.2, 0) is 16.1 Å². The standard InChI is InChI=1S/C13H21N5O2/c1-15-13(19)9-4-3-5-18(7-9)12-6-10(14)16-11(17-12)8-20-2/h6,9H,3-5,7-8H2,1-2H3,(H,15,19)(H2,14,16,17). The van der Waals surface area contributed by atoms with Gasteiger partial charge in [0.25, 0.3) is 0 Å². The number of nitrogens with one attached hydrogen (secondary N) is 1. The summed E-state index contributed by atoms with van der Waals surface area (Å²) in [4.78, 5) is 22.4. The minimum absolute atomic E-state index is 0.00388. The molecule has 1 amide bonds. The molecular formula is C13H21N5O2. The first-order valence-electron chi connectivity index (χ1n) is 6.73. The van der Waals surface area contributed by atoms with Gasteiger partial charge in [-0.15, -0.1) is 0 Å². The number of carbonyl (C=O) groups is 1. The number of piperidine rings is 1. The lowest BCUT2D eigenvalue weighted by Crippen LogP contribution is -2.42. The van der Waals surface area contributed by atoms with Gasteiger partial charge in [0.1, 0.15) is 18.2 Å². The predicted octanol–water partition coefficient (Wildman–Crippen LogP) is 0.168. The number of nitrogen functional groups attached to an aromatic ring is 1. The maximum absolute atomic E-state index is 11.8. The number of methoxy groups -OCH3 is 1. The zero-order chi connectivity index (χ0) is 14.5. The summed E-state index contributed by atoms with van der Waals surface area (Å²) in [7, 11) is 3.26. The molecule has 0 radical (unpaired) electrons. The molecule has 3 N–H and O–H groups in total. The second kappa shape index (κ2) is 6.51. The molecule has 7 nitrogen and oxygen atoms in total. The summed E-state index contributed by atoms with van der Waals surface area (Å²) < 4.78 is 5.04. The van der Waals surface area contributed by atoms with Crippen molar-refractivity contribution in [2.45, 2.75) is 19.4 Å². The second-order valence-corrected chi connectivity index (χ2v) is 4.90. The van der Waals surface area contributed by atoms with Crippen LogP contribution in [0, 0.1) is 5.92 Å². The molecule has 1 fully saturated rings. The van der Waals surface area contributed by atoms with Crippen LogP contribution in [0.4, 0.5) is 11.6 Å². The van der Waals surface area contributed by atoms with Crippen molar-refractivity contribution >= 4 is 17.5 Å². The van der Waals surface area contributed by atoms with Gasteiger partial charge in [-0.3, -0.25) is 4.79 Å². The Labute approximate surface area is 118 Å². The third-order valence-electron chi connectivity index (χ3n) is 3.41. The van der Waals surface area contributed by atoms with E-state index in [0.717, 1.165) is 25.2 Å². The van der Waals surface area contributed by atoms with Gasteiger partial charge in [-0.25, -0.2) is 9.97 Å². The first-order chi connectivity index (χ1) is 9.63. The van der Waals surface area contributed by atoms with E-state index in [4.69, 9.17) is 10.5 Å². The summed E-state index contributed by atoms with van der Waals surface area (Å²) in [5.41, 5.74) is 5.80. The highest BCUT2D eigenvalue weighted by molar-refractivity contribution is 5.79. The SMILES string of the molecule is CNC(=O)C1CCCN(c2cc(N)nc(COC)n2)C1. The molecule has 1 aliphatic heterocycles. The Morgan fingerprint density at radius 3 is 3.10 bits per heavy atom. The number of rotatable bonds is 4. The molecule has 7 heteroatoms. The fraction of sp³-hybridized carbons (Fsp3) is 0.615. The van der Waals surface area contributed by atoms with Crippen LogP contribution in [0.3, 0.4) is 0 Å². The summed E-state index contributed by atoms with van der Waals surface area (Å²) in [6.45, 7) is 1.85. The molecule has 0 aliphatic carbocycles. The van der Waals surface area contributed by atoms with E-state index in [9.17, 15) is 4.79 Å². The maximum Gasteiger partial charge on any atom is 0.224 e. The van der Waals surface area contributed by atoms with Gasteiger partial charge in [-0.2, -0.15) is 0 Å². The van der Waals surface area contributed by atoms with Crippen molar-refractivity contribution in [2.75, 3.05) is 37.9 Å². The van der Waals surface area contributed by atoms with E-state index >= 15 is 0 Å². The van der Waals surface area contributed by atoms with Gasteiger partial charge in [0.2, 0.25) is 5.91 Å². The Morgan fingerprint density at radius 2 is 2.40 bits per heavy atom. The average Bonchev–Trinajstić information content (AvgIpc) is 2.46. The number of aromatic nitrogens is 2. The summed E-state index contributed by atoms with van der Waals surface area (Å²) in [6.07, 6.45) is 1.86. The van der Waals surface area contributed by atoms with Crippen molar-refractivity contribution in [3.63, 3.8) is 0 Å². The minimum atomic E-state index is -0.00388. The lowest BCUT2D eigenvalue weighted by molar-refractivity contribution is -0.124. The number of hydrogen-bond acceptors (Lipinski definition) is 6. The van der Waals surface area contributed by atoms with E-state index in [2.05, 4.69) is 20.2 Å². The average molecular weight is 279 g/mol. The van der Waals surface area contributed by atoms with Gasteiger partial charge in [-0.05, 0) is 12.8 Å². The number of amides is 1. The highest BCUT2D eigenvalue weighted by Crippen LogP contribution is 2.23. The van der Waals surface area contributed by atoms with Gasteiger partial charge in [-0.1, -0.05) is 0 Å². The molecular weight excluding hydrogens is 258 g/mol. The molecule has 0 spiro atoms. The maximum atomic E-state index is 11.8. The van der Waals surface area contributed by atoms with Crippen molar-refractivity contribution in [3.05, 3.63) is 11.9 Å². The fourth-order valence-corrected chi connectivity index (χ4v) is 2.46. The van der Waals surface area contributed by atoms with Gasteiger partial charge in [0.05, 0.1) is 5.92 Å². The topological polar surface area (TPSA) is 93.4 Å². The van der Waals surface area contributed by atoms with E-state index in [1.54, 1.807) is 20.2 Å². The molecule has 1 aliphatic rings. The molecule has 1 aromatic rings. The van der Waals surface area contributed by atoms with Crippen LogP contribution >= 0.6 is 0 Å². The van der Waals surface area contributed by atoms with E-state index in [1.807, 2.05) is 0 Å². The number of carbonyl (C=O) groups excluding carboxylic acids is 1. The zero-order valence-corrected chi connectivity index (χ0v) is 11.9. The monoisotopic (exact) mass is 279 g/mol. The van der Waals surface area contributed by atoms with Crippen LogP contribution in [0.1, 0.15) is 18.7 Å². The van der Waals surface area contributed by atoms with Crippen molar-refractivity contribution in [2.24, 2.45) is 5.92 Å². The Bertz CT molecular complexity index is 480. The third-order valence-corrected chi connectivity index (χ3v) is 3.41. The van der Waals surface area contributed by atoms with E-state index in [1.165, 1.54) is 0 Å². The Kier molecular flexibility index (Phi) is 4.73. The first kappa shape index (κ1) is 14.5. The van der Waals surface area contributed by atoms with Crippen LogP contribution in [0.25, 0.3) is 0 Å². The summed E-state index contributed by atoms with van der Waals surface area (Å²) in [5.74, 6) is 1.82. The van der Waals surface area contributed by atoms with Crippen LogP contribution in [0.2, 0.25) is 0 Å². The van der Waals surface area contributed by atoms with Crippen molar-refractivity contribution in [1.82, 2.24) is 15.3 Å². The molecule has 0 aromatic carbocycles. The molecule has 2 heterocycles. The Hall–Kier alpha value is -1.89. The Balaban J connectivity index is 2.15. The lowest BCUT2D eigenvalue weighted by atomic mass is 9.97. The van der Waals surface area contributed by atoms with Crippen LogP contribution in [0.5, 0.6) is 0 Å². The fourth-order valence-electron chi connectivity index (χ4n) is 2.46. The molecule has 20 heavy (non-hydrogen) atoms. The molecule has 2 rings (SSSR count). The number of anilines is 2. The summed E-state index contributed by atoms with van der Waals surface area (Å²) in [5, 5.41) is 2.71. The molecule has 0 bridgehead atoms. The largest absolute Gasteiger partial charge is 0.384 e. The van der Waals surface area contributed by atoms with Gasteiger partial charge in [0, 0.05) is 33.3 Å². The third kappa shape index (κ3) is 3.36. The Morgan fingerprint density at radius 1 is 1.60 bits per heavy atom. The normalized spacial score (nSPS) is 18.9. The van der Waals surface area contributed by atoms with Crippen molar-refractivity contribution < 1.29 is 9.53 Å². The quantitative estimate of drug-likeness (QED) is 0.816. The summed E-state index contributed by atoms with van der Waals surface area (Å²) >= 11 is 0. The highest BCUT2D eigenvalue weighted by Gasteiger charge is 2.26. The second-order valence-electron chi connectivity index (χ2n) is 4.90. The van der Waals surface area contributed by atoms with E-state index in [0.29, 0.717) is 24.8 Å².